The highest BCUT2D eigenvalue weighted by atomic mass is 16.5. The quantitative estimate of drug-likeness (QED) is 0.739. The molecule has 1 N–H and O–H groups in total. The molecule has 1 aromatic heterocycles. The summed E-state index contributed by atoms with van der Waals surface area (Å²) in [6.45, 7) is 1.95. The third kappa shape index (κ3) is 1.03. The van der Waals surface area contributed by atoms with Gasteiger partial charge < -0.3 is 4.74 Å². The molecule has 4 nitrogen and oxygen atoms in total. The molecule has 2 rings (SSSR count). The maximum absolute atomic E-state index is 8.99. The average Bonchev–Trinajstić information content (AvgIpc) is 2.66. The number of ether oxygens (including phenoxy) is 1. The van der Waals surface area contributed by atoms with Crippen molar-refractivity contribution in [1.29, 1.82) is 5.26 Å². The number of benzene rings is 1. The molecule has 0 spiro atoms. The zero-order chi connectivity index (χ0) is 10.1. The lowest BCUT2D eigenvalue weighted by atomic mass is 10.1. The molecule has 0 aliphatic heterocycles. The van der Waals surface area contributed by atoms with Gasteiger partial charge in [-0.05, 0) is 18.6 Å². The first-order valence-electron chi connectivity index (χ1n) is 4.18. The zero-order valence-electron chi connectivity index (χ0n) is 7.96. The SMILES string of the molecule is COc1cc(C)c2[nH]ncc2c1C#N. The minimum Gasteiger partial charge on any atom is -0.495 e. The van der Waals surface area contributed by atoms with E-state index in [1.54, 1.807) is 13.3 Å². The molecule has 0 atom stereocenters. The number of aryl methyl sites for hydroxylation is 1. The van der Waals surface area contributed by atoms with Gasteiger partial charge in [0.1, 0.15) is 17.4 Å². The average molecular weight is 187 g/mol. The molecule has 1 heterocycles. The first-order valence-corrected chi connectivity index (χ1v) is 4.18. The number of hydrogen-bond acceptors (Lipinski definition) is 3. The predicted octanol–water partition coefficient (Wildman–Crippen LogP) is 1.75. The molecule has 0 bridgehead atoms. The standard InChI is InChI=1S/C10H9N3O/c1-6-3-9(14-2)7(4-11)8-5-12-13-10(6)8/h3,5H,1-2H3,(H,12,13). The molecular formula is C10H9N3O. The van der Waals surface area contributed by atoms with Crippen molar-refractivity contribution in [2.75, 3.05) is 7.11 Å². The molecule has 1 aromatic carbocycles. The lowest BCUT2D eigenvalue weighted by Gasteiger charge is -2.04. The van der Waals surface area contributed by atoms with Crippen LogP contribution in [0.4, 0.5) is 0 Å². The Morgan fingerprint density at radius 1 is 1.57 bits per heavy atom. The van der Waals surface area contributed by atoms with Gasteiger partial charge in [-0.15, -0.1) is 0 Å². The molecule has 0 fully saturated rings. The Balaban J connectivity index is 2.91. The van der Waals surface area contributed by atoms with Gasteiger partial charge in [-0.1, -0.05) is 0 Å². The Kier molecular flexibility index (Phi) is 1.86. The molecule has 0 aliphatic rings. The summed E-state index contributed by atoms with van der Waals surface area (Å²) in [5, 5.41) is 16.6. The first-order chi connectivity index (χ1) is 6.77. The van der Waals surface area contributed by atoms with Gasteiger partial charge >= 0.3 is 0 Å². The largest absolute Gasteiger partial charge is 0.495 e. The topological polar surface area (TPSA) is 61.7 Å². The molecule has 0 amide bonds. The monoisotopic (exact) mass is 187 g/mol. The predicted molar refractivity (Wildman–Crippen MR) is 52.1 cm³/mol. The summed E-state index contributed by atoms with van der Waals surface area (Å²) in [6, 6.07) is 3.95. The third-order valence-electron chi connectivity index (χ3n) is 2.23. The molecule has 0 radical (unpaired) electrons. The number of nitrogens with one attached hydrogen (secondary N) is 1. The van der Waals surface area contributed by atoms with Crippen molar-refractivity contribution in [2.45, 2.75) is 6.92 Å². The Labute approximate surface area is 81.1 Å². The van der Waals surface area contributed by atoms with Crippen LogP contribution in [-0.2, 0) is 0 Å². The van der Waals surface area contributed by atoms with Gasteiger partial charge in [0, 0.05) is 5.39 Å². The normalized spacial score (nSPS) is 10.1. The van der Waals surface area contributed by atoms with Gasteiger partial charge in [0.25, 0.3) is 0 Å². The maximum atomic E-state index is 8.99. The van der Waals surface area contributed by atoms with E-state index in [9.17, 15) is 0 Å². The van der Waals surface area contributed by atoms with Crippen LogP contribution in [0.15, 0.2) is 12.3 Å². The Morgan fingerprint density at radius 3 is 3.00 bits per heavy atom. The summed E-state index contributed by atoms with van der Waals surface area (Å²) < 4.78 is 5.13. The third-order valence-corrected chi connectivity index (χ3v) is 2.23. The van der Waals surface area contributed by atoms with Gasteiger partial charge in [-0.25, -0.2) is 0 Å². The van der Waals surface area contributed by atoms with Crippen molar-refractivity contribution in [3.05, 3.63) is 23.4 Å². The van der Waals surface area contributed by atoms with E-state index in [0.29, 0.717) is 11.3 Å². The summed E-state index contributed by atoms with van der Waals surface area (Å²) in [5.41, 5.74) is 2.44. The highest BCUT2D eigenvalue weighted by Crippen LogP contribution is 2.28. The summed E-state index contributed by atoms with van der Waals surface area (Å²) in [4.78, 5) is 0. The molecule has 0 unspecified atom stereocenters. The Hall–Kier alpha value is -2.02. The van der Waals surface area contributed by atoms with Crippen LogP contribution in [0.25, 0.3) is 10.9 Å². The minimum atomic E-state index is 0.529. The lowest BCUT2D eigenvalue weighted by molar-refractivity contribution is 0.414. The van der Waals surface area contributed by atoms with Crippen LogP contribution < -0.4 is 4.74 Å². The van der Waals surface area contributed by atoms with Crippen LogP contribution >= 0.6 is 0 Å². The number of nitrogens with zero attached hydrogens (tertiary/aromatic N) is 2. The van der Waals surface area contributed by atoms with E-state index in [2.05, 4.69) is 16.3 Å². The number of aromatic amines is 1. The van der Waals surface area contributed by atoms with Crippen LogP contribution in [0.2, 0.25) is 0 Å². The smallest absolute Gasteiger partial charge is 0.137 e. The second kappa shape index (κ2) is 3.04. The number of H-pyrrole nitrogens is 1. The fourth-order valence-corrected chi connectivity index (χ4v) is 1.53. The van der Waals surface area contributed by atoms with Gasteiger partial charge in [-0.3, -0.25) is 5.10 Å². The second-order valence-electron chi connectivity index (χ2n) is 3.04. The number of fused-ring (bicyclic) bond motifs is 1. The molecular weight excluding hydrogens is 178 g/mol. The van der Waals surface area contributed by atoms with E-state index in [1.165, 1.54) is 0 Å². The van der Waals surface area contributed by atoms with E-state index >= 15 is 0 Å². The number of nitriles is 1. The van der Waals surface area contributed by atoms with Gasteiger partial charge in [0.15, 0.2) is 0 Å². The van der Waals surface area contributed by atoms with E-state index in [4.69, 9.17) is 10.00 Å². The lowest BCUT2D eigenvalue weighted by Crippen LogP contribution is -1.90. The summed E-state index contributed by atoms with van der Waals surface area (Å²) in [6.07, 6.45) is 1.64. The zero-order valence-corrected chi connectivity index (χ0v) is 7.96. The van der Waals surface area contributed by atoms with E-state index in [-0.39, 0.29) is 0 Å². The maximum Gasteiger partial charge on any atom is 0.137 e. The van der Waals surface area contributed by atoms with Crippen LogP contribution in [0.5, 0.6) is 5.75 Å². The second-order valence-corrected chi connectivity index (χ2v) is 3.04. The first kappa shape index (κ1) is 8.57. The molecule has 0 saturated heterocycles. The van der Waals surface area contributed by atoms with Gasteiger partial charge in [0.2, 0.25) is 0 Å². The number of hydrogen-bond donors (Lipinski definition) is 1. The van der Waals surface area contributed by atoms with E-state index in [1.807, 2.05) is 13.0 Å². The fraction of sp³-hybridized carbons (Fsp3) is 0.200. The van der Waals surface area contributed by atoms with Gasteiger partial charge in [-0.2, -0.15) is 10.4 Å². The molecule has 0 aliphatic carbocycles. The summed E-state index contributed by atoms with van der Waals surface area (Å²) >= 11 is 0. The highest BCUT2D eigenvalue weighted by Gasteiger charge is 2.11. The summed E-state index contributed by atoms with van der Waals surface area (Å²) in [5.74, 6) is 0.596. The molecule has 14 heavy (non-hydrogen) atoms. The van der Waals surface area contributed by atoms with Crippen molar-refractivity contribution in [3.8, 4) is 11.8 Å². The van der Waals surface area contributed by atoms with Crippen LogP contribution in [0.1, 0.15) is 11.1 Å². The van der Waals surface area contributed by atoms with Crippen molar-refractivity contribution in [1.82, 2.24) is 10.2 Å². The highest BCUT2D eigenvalue weighted by molar-refractivity contribution is 5.89. The van der Waals surface area contributed by atoms with Crippen molar-refractivity contribution in [3.63, 3.8) is 0 Å². The molecule has 70 valence electrons. The molecule has 2 aromatic rings. The number of rotatable bonds is 1. The van der Waals surface area contributed by atoms with E-state index in [0.717, 1.165) is 16.5 Å². The van der Waals surface area contributed by atoms with Crippen LogP contribution in [0.3, 0.4) is 0 Å². The number of aromatic nitrogens is 2. The Bertz CT molecular complexity index is 522. The van der Waals surface area contributed by atoms with Crippen molar-refractivity contribution >= 4 is 10.9 Å². The van der Waals surface area contributed by atoms with Crippen molar-refractivity contribution < 1.29 is 4.74 Å². The van der Waals surface area contributed by atoms with Crippen LogP contribution in [0, 0.1) is 18.3 Å². The van der Waals surface area contributed by atoms with Crippen LogP contribution in [-0.4, -0.2) is 17.3 Å². The summed E-state index contributed by atoms with van der Waals surface area (Å²) in [7, 11) is 1.56. The Morgan fingerprint density at radius 2 is 2.36 bits per heavy atom. The van der Waals surface area contributed by atoms with E-state index < -0.39 is 0 Å². The van der Waals surface area contributed by atoms with Crippen molar-refractivity contribution in [2.24, 2.45) is 0 Å². The van der Waals surface area contributed by atoms with Gasteiger partial charge in [0.05, 0.1) is 18.8 Å². The molecule has 0 saturated carbocycles. The molecule has 4 heteroatoms. The fourth-order valence-electron chi connectivity index (χ4n) is 1.53. The minimum absolute atomic E-state index is 0.529. The number of methoxy groups -OCH3 is 1.